The number of allylic oxidation sites excluding steroid dienone is 2. The van der Waals surface area contributed by atoms with Gasteiger partial charge in [0.15, 0.2) is 5.78 Å². The number of para-hydroxylation sites is 2. The number of rotatable bonds is 4. The molecule has 0 saturated carbocycles. The molecule has 5 aromatic rings. The highest BCUT2D eigenvalue weighted by molar-refractivity contribution is 6.38. The number of Topliss-reactive ketones (excluding diaryl/α,β-unsaturated/α-hetero) is 1. The molecule has 0 radical (unpaired) electrons. The molecule has 5 aromatic carbocycles. The van der Waals surface area contributed by atoms with Crippen LogP contribution in [0.1, 0.15) is 45.5 Å². The smallest absolute Gasteiger partial charge is 0.191 e. The Bertz CT molecular complexity index is 2260. The molecular weight excluding hydrogens is 584 g/mol. The number of halogens is 1. The fourth-order valence-corrected chi connectivity index (χ4v) is 6.89. The summed E-state index contributed by atoms with van der Waals surface area (Å²) in [4.78, 5) is 13.7. The summed E-state index contributed by atoms with van der Waals surface area (Å²) in [6.45, 7) is 2.06. The number of fused-ring (bicyclic) bond motifs is 5. The quantitative estimate of drug-likeness (QED) is 0.198. The van der Waals surface area contributed by atoms with Crippen molar-refractivity contribution in [2.45, 2.75) is 32.6 Å². The minimum atomic E-state index is 0.0403. The summed E-state index contributed by atoms with van der Waals surface area (Å²) in [7, 11) is 0. The van der Waals surface area contributed by atoms with Crippen LogP contribution in [0, 0.1) is 17.4 Å². The first-order valence-electron chi connectivity index (χ1n) is 15.9. The molecule has 8 rings (SSSR count). The van der Waals surface area contributed by atoms with E-state index in [-0.39, 0.29) is 5.78 Å². The number of hydrogen-bond acceptors (Lipinski definition) is 3. The van der Waals surface area contributed by atoms with E-state index in [0.717, 1.165) is 59.1 Å². The van der Waals surface area contributed by atoms with Crippen molar-refractivity contribution < 1.29 is 4.79 Å². The van der Waals surface area contributed by atoms with Gasteiger partial charge in [0.25, 0.3) is 0 Å². The van der Waals surface area contributed by atoms with E-state index >= 15 is 0 Å². The lowest BCUT2D eigenvalue weighted by atomic mass is 9.84. The predicted molar refractivity (Wildman–Crippen MR) is 193 cm³/mol. The molecule has 0 aromatic heterocycles. The molecule has 0 fully saturated rings. The second-order valence-corrected chi connectivity index (χ2v) is 12.3. The highest BCUT2D eigenvalue weighted by Crippen LogP contribution is 2.30. The van der Waals surface area contributed by atoms with Crippen molar-refractivity contribution in [2.24, 2.45) is 0 Å². The minimum Gasteiger partial charge on any atom is -0.361 e. The lowest BCUT2D eigenvalue weighted by molar-refractivity contribution is 0.105. The van der Waals surface area contributed by atoms with E-state index in [9.17, 15) is 4.79 Å². The molecular formula is C42H35ClN2O. The zero-order chi connectivity index (χ0) is 31.5. The fraction of sp³-hybridized carbons (Fsp3) is 0.119. The maximum absolute atomic E-state index is 13.7. The third kappa shape index (κ3) is 5.94. The van der Waals surface area contributed by atoms with Crippen molar-refractivity contribution in [3.8, 4) is 0 Å². The van der Waals surface area contributed by atoms with Gasteiger partial charge in [0.1, 0.15) is 0 Å². The van der Waals surface area contributed by atoms with Gasteiger partial charge in [0, 0.05) is 34.4 Å². The Morgan fingerprint density at radius 1 is 0.783 bits per heavy atom. The van der Waals surface area contributed by atoms with E-state index in [4.69, 9.17) is 11.6 Å². The molecule has 0 bridgehead atoms. The molecule has 0 saturated heterocycles. The van der Waals surface area contributed by atoms with Gasteiger partial charge < -0.3 is 10.6 Å². The molecule has 1 aliphatic heterocycles. The summed E-state index contributed by atoms with van der Waals surface area (Å²) in [6, 6.07) is 34.9. The Morgan fingerprint density at radius 3 is 2.48 bits per heavy atom. The van der Waals surface area contributed by atoms with Crippen LogP contribution >= 0.6 is 11.6 Å². The highest BCUT2D eigenvalue weighted by atomic mass is 35.5. The molecule has 3 aliphatic rings. The lowest BCUT2D eigenvalue weighted by Crippen LogP contribution is -2.26. The number of anilines is 3. The largest absolute Gasteiger partial charge is 0.361 e. The van der Waals surface area contributed by atoms with Gasteiger partial charge in [-0.25, -0.2) is 0 Å². The van der Waals surface area contributed by atoms with Crippen LogP contribution in [-0.4, -0.2) is 5.78 Å². The summed E-state index contributed by atoms with van der Waals surface area (Å²) >= 11 is 6.67. The van der Waals surface area contributed by atoms with E-state index in [1.54, 1.807) is 0 Å². The van der Waals surface area contributed by atoms with Crippen molar-refractivity contribution in [1.82, 2.24) is 0 Å². The fourth-order valence-electron chi connectivity index (χ4n) is 6.63. The maximum atomic E-state index is 13.7. The van der Waals surface area contributed by atoms with Crippen molar-refractivity contribution in [2.75, 3.05) is 10.6 Å². The van der Waals surface area contributed by atoms with Crippen LogP contribution in [0.15, 0.2) is 121 Å². The van der Waals surface area contributed by atoms with Gasteiger partial charge in [-0.1, -0.05) is 103 Å². The van der Waals surface area contributed by atoms with Crippen LogP contribution in [-0.2, 0) is 12.8 Å². The Hall–Kier alpha value is -5.12. The molecule has 2 N–H and O–H groups in total. The molecule has 0 spiro atoms. The first-order valence-corrected chi connectivity index (χ1v) is 16.2. The lowest BCUT2D eigenvalue weighted by Gasteiger charge is -2.20. The van der Waals surface area contributed by atoms with E-state index in [1.165, 1.54) is 32.3 Å². The van der Waals surface area contributed by atoms with Crippen LogP contribution in [0.5, 0.6) is 0 Å². The molecule has 4 heteroatoms. The second kappa shape index (κ2) is 13.1. The van der Waals surface area contributed by atoms with Gasteiger partial charge in [0.2, 0.25) is 0 Å². The molecule has 0 amide bonds. The molecule has 0 unspecified atom stereocenters. The van der Waals surface area contributed by atoms with Crippen molar-refractivity contribution in [3.05, 3.63) is 175 Å². The van der Waals surface area contributed by atoms with Crippen LogP contribution in [0.2, 0.25) is 5.02 Å². The predicted octanol–water partition coefficient (Wildman–Crippen LogP) is 9.02. The summed E-state index contributed by atoms with van der Waals surface area (Å²) in [6.07, 6.45) is 14.0. The third-order valence-electron chi connectivity index (χ3n) is 8.98. The van der Waals surface area contributed by atoms with Gasteiger partial charge in [-0.05, 0) is 112 Å². The Kier molecular flexibility index (Phi) is 8.41. The third-order valence-corrected chi connectivity index (χ3v) is 9.29. The van der Waals surface area contributed by atoms with Gasteiger partial charge in [-0.15, -0.1) is 0 Å². The van der Waals surface area contributed by atoms with E-state index in [0.29, 0.717) is 10.6 Å². The van der Waals surface area contributed by atoms with Gasteiger partial charge in [-0.3, -0.25) is 4.79 Å². The number of benzene rings is 5. The summed E-state index contributed by atoms with van der Waals surface area (Å²) in [5.41, 5.74) is 9.61. The number of ketones is 1. The van der Waals surface area contributed by atoms with Crippen LogP contribution in [0.3, 0.4) is 0 Å². The number of carbonyl (C=O) groups is 1. The van der Waals surface area contributed by atoms with Crippen LogP contribution in [0.25, 0.3) is 17.7 Å². The summed E-state index contributed by atoms with van der Waals surface area (Å²) in [5, 5.41) is 12.1. The Balaban J connectivity index is 0.000000259. The van der Waals surface area contributed by atoms with Crippen LogP contribution in [0.4, 0.5) is 17.1 Å². The van der Waals surface area contributed by atoms with Crippen molar-refractivity contribution in [3.63, 3.8) is 0 Å². The van der Waals surface area contributed by atoms with E-state index < -0.39 is 0 Å². The second-order valence-electron chi connectivity index (χ2n) is 11.9. The Morgan fingerprint density at radius 2 is 1.59 bits per heavy atom. The topological polar surface area (TPSA) is 41.1 Å². The Labute approximate surface area is 274 Å². The average molecular weight is 619 g/mol. The summed E-state index contributed by atoms with van der Waals surface area (Å²) < 4.78 is 0. The number of hydrogen-bond donors (Lipinski definition) is 2. The number of aryl methyl sites for hydroxylation is 1. The molecule has 2 aliphatic carbocycles. The normalized spacial score (nSPS) is 13.7. The van der Waals surface area contributed by atoms with Crippen molar-refractivity contribution in [1.29, 1.82) is 0 Å². The monoisotopic (exact) mass is 618 g/mol. The van der Waals surface area contributed by atoms with Crippen molar-refractivity contribution >= 4 is 52.2 Å². The zero-order valence-corrected chi connectivity index (χ0v) is 26.6. The average Bonchev–Trinajstić information content (AvgIpc) is 3.35. The van der Waals surface area contributed by atoms with E-state index in [2.05, 4.69) is 84.3 Å². The number of nitrogens with one attached hydrogen (secondary N) is 2. The minimum absolute atomic E-state index is 0.0403. The maximum Gasteiger partial charge on any atom is 0.191 e. The highest BCUT2D eigenvalue weighted by Gasteiger charge is 2.22. The van der Waals surface area contributed by atoms with Crippen LogP contribution < -0.4 is 21.1 Å². The van der Waals surface area contributed by atoms with Gasteiger partial charge >= 0.3 is 0 Å². The standard InChI is InChI=1S/C32H26ClNO.C10H9N/c1-20-7-2-5-12-31(20)34-22-14-16-29(30(33)19-22)32(35)28-11-6-10-24-26-15-13-21-8-3-4-9-23(21)25(26)17-18-27(24)28;1-2-7-10-9(5-1)6-3-4-8-11-10/h2-5,7-9,12-14,16-19,34H,6,10-11,15H2,1H3;1-8,11H. The zero-order valence-electron chi connectivity index (χ0n) is 25.8. The molecule has 226 valence electrons. The van der Waals surface area contributed by atoms with Gasteiger partial charge in [0.05, 0.1) is 5.02 Å². The first kappa shape index (κ1) is 29.6. The first-order chi connectivity index (χ1) is 22.6. The molecule has 3 nitrogen and oxygen atoms in total. The molecule has 1 heterocycles. The van der Waals surface area contributed by atoms with E-state index in [1.807, 2.05) is 66.9 Å². The summed E-state index contributed by atoms with van der Waals surface area (Å²) in [5.74, 6) is 0.0403. The number of carbonyl (C=O) groups excluding carboxylic acids is 1. The molecule has 0 atom stereocenters. The van der Waals surface area contributed by atoms with Gasteiger partial charge in [-0.2, -0.15) is 0 Å². The SMILES string of the molecule is C1=CNc2ccccc2C=C1.Cc1ccccc1Nc1ccc(C(=O)C2=c3ccc4c(c3CCC2)CC=c2ccccc2=4)c(Cl)c1. The molecule has 46 heavy (non-hydrogen) atoms.